The Hall–Kier alpha value is -2.52. The van der Waals surface area contributed by atoms with E-state index in [0.717, 1.165) is 16.7 Å². The maximum Gasteiger partial charge on any atom is 0.170 e. The fourth-order valence-electron chi connectivity index (χ4n) is 3.73. The summed E-state index contributed by atoms with van der Waals surface area (Å²) in [5, 5.41) is 11.3. The Morgan fingerprint density at radius 1 is 1.00 bits per heavy atom. The van der Waals surface area contributed by atoms with Crippen LogP contribution < -0.4 is 0 Å². The van der Waals surface area contributed by atoms with Gasteiger partial charge in [-0.2, -0.15) is 0 Å². The first kappa shape index (κ1) is 13.2. The minimum Gasteiger partial charge on any atom is -0.380 e. The van der Waals surface area contributed by atoms with Crippen molar-refractivity contribution in [3.8, 4) is 11.1 Å². The molecule has 0 bridgehead atoms. The Labute approximate surface area is 127 Å². The molecule has 0 radical (unpaired) electrons. The van der Waals surface area contributed by atoms with Gasteiger partial charge in [-0.3, -0.25) is 9.59 Å². The molecule has 2 aliphatic rings. The highest BCUT2D eigenvalue weighted by Gasteiger charge is 2.50. The van der Waals surface area contributed by atoms with E-state index in [1.807, 2.05) is 48.5 Å². The quantitative estimate of drug-likeness (QED) is 0.822. The fourth-order valence-corrected chi connectivity index (χ4v) is 3.73. The van der Waals surface area contributed by atoms with E-state index >= 15 is 0 Å². The van der Waals surface area contributed by atoms with Crippen LogP contribution in [-0.4, -0.2) is 16.7 Å². The maximum absolute atomic E-state index is 12.4. The Kier molecular flexibility index (Phi) is 2.54. The molecule has 1 unspecified atom stereocenters. The molecule has 1 N–H and O–H groups in total. The van der Waals surface area contributed by atoms with Gasteiger partial charge in [-0.15, -0.1) is 0 Å². The Morgan fingerprint density at radius 2 is 1.59 bits per heavy atom. The van der Waals surface area contributed by atoms with E-state index in [0.29, 0.717) is 11.1 Å². The summed E-state index contributed by atoms with van der Waals surface area (Å²) >= 11 is 0. The van der Waals surface area contributed by atoms with Gasteiger partial charge in [0, 0.05) is 12.0 Å². The largest absolute Gasteiger partial charge is 0.380 e. The number of benzene rings is 2. The molecule has 0 saturated carbocycles. The van der Waals surface area contributed by atoms with E-state index in [2.05, 4.69) is 0 Å². The zero-order chi connectivity index (χ0) is 15.5. The van der Waals surface area contributed by atoms with Gasteiger partial charge in [-0.1, -0.05) is 48.5 Å². The number of carbonyl (C=O) groups is 2. The van der Waals surface area contributed by atoms with Crippen molar-refractivity contribution in [1.29, 1.82) is 0 Å². The Morgan fingerprint density at radius 3 is 2.27 bits per heavy atom. The summed E-state index contributed by atoms with van der Waals surface area (Å²) < 4.78 is 0. The maximum atomic E-state index is 12.4. The molecule has 0 heterocycles. The van der Waals surface area contributed by atoms with Crippen molar-refractivity contribution < 1.29 is 14.7 Å². The lowest BCUT2D eigenvalue weighted by atomic mass is 9.72. The van der Waals surface area contributed by atoms with Crippen LogP contribution in [0.1, 0.15) is 24.5 Å². The number of ketones is 2. The fraction of sp³-hybridized carbons (Fsp3) is 0.158. The van der Waals surface area contributed by atoms with Crippen molar-refractivity contribution in [2.24, 2.45) is 0 Å². The average Bonchev–Trinajstić information content (AvgIpc) is 2.79. The molecule has 3 heteroatoms. The zero-order valence-corrected chi connectivity index (χ0v) is 12.1. The lowest BCUT2D eigenvalue weighted by molar-refractivity contribution is -0.121. The summed E-state index contributed by atoms with van der Waals surface area (Å²) in [6.07, 6.45) is -0.0669. The molecule has 0 aliphatic heterocycles. The van der Waals surface area contributed by atoms with Gasteiger partial charge in [0.05, 0.1) is 5.57 Å². The summed E-state index contributed by atoms with van der Waals surface area (Å²) in [6.45, 7) is 1.38. The number of hydrogen-bond donors (Lipinski definition) is 1. The van der Waals surface area contributed by atoms with Crippen LogP contribution in [0.2, 0.25) is 0 Å². The third kappa shape index (κ3) is 1.49. The van der Waals surface area contributed by atoms with E-state index in [4.69, 9.17) is 0 Å². The molecule has 2 aliphatic carbocycles. The predicted molar refractivity (Wildman–Crippen MR) is 83.0 cm³/mol. The second-order valence-electron chi connectivity index (χ2n) is 5.86. The van der Waals surface area contributed by atoms with Crippen molar-refractivity contribution in [1.82, 2.24) is 0 Å². The third-order valence-corrected chi connectivity index (χ3v) is 4.57. The molecular formula is C19H14O3. The van der Waals surface area contributed by atoms with Gasteiger partial charge < -0.3 is 5.11 Å². The lowest BCUT2D eigenvalue weighted by Crippen LogP contribution is -2.29. The molecular weight excluding hydrogens is 276 g/mol. The van der Waals surface area contributed by atoms with Crippen molar-refractivity contribution in [2.45, 2.75) is 18.9 Å². The van der Waals surface area contributed by atoms with Gasteiger partial charge >= 0.3 is 0 Å². The van der Waals surface area contributed by atoms with Crippen LogP contribution >= 0.6 is 0 Å². The molecule has 22 heavy (non-hydrogen) atoms. The van der Waals surface area contributed by atoms with Crippen molar-refractivity contribution in [3.63, 3.8) is 0 Å². The highest BCUT2D eigenvalue weighted by Crippen LogP contribution is 2.55. The summed E-state index contributed by atoms with van der Waals surface area (Å²) in [6, 6.07) is 15.1. The van der Waals surface area contributed by atoms with Gasteiger partial charge in [0.25, 0.3) is 0 Å². The minimum atomic E-state index is -1.40. The first-order valence-corrected chi connectivity index (χ1v) is 7.24. The molecule has 2 aromatic rings. The van der Waals surface area contributed by atoms with Crippen molar-refractivity contribution >= 4 is 17.1 Å². The highest BCUT2D eigenvalue weighted by atomic mass is 16.3. The Bertz CT molecular complexity index is 876. The highest BCUT2D eigenvalue weighted by molar-refractivity contribution is 6.29. The van der Waals surface area contributed by atoms with Crippen molar-refractivity contribution in [3.05, 3.63) is 65.2 Å². The number of rotatable bonds is 1. The van der Waals surface area contributed by atoms with E-state index < -0.39 is 5.60 Å². The summed E-state index contributed by atoms with van der Waals surface area (Å²) in [5.41, 5.74) is 2.56. The predicted octanol–water partition coefficient (Wildman–Crippen LogP) is 2.87. The number of aliphatic hydroxyl groups is 1. The average molecular weight is 290 g/mol. The molecule has 4 rings (SSSR count). The second kappa shape index (κ2) is 4.24. The van der Waals surface area contributed by atoms with Crippen LogP contribution in [0.3, 0.4) is 0 Å². The van der Waals surface area contributed by atoms with Gasteiger partial charge in [0.1, 0.15) is 5.60 Å². The van der Waals surface area contributed by atoms with Crippen molar-refractivity contribution in [2.75, 3.05) is 0 Å². The molecule has 2 aromatic carbocycles. The SMILES string of the molecule is CC(=O)C1=C2c3ccccc3-c3ccccc3C2(O)CC1=O. The number of hydrogen-bond acceptors (Lipinski definition) is 3. The first-order valence-electron chi connectivity index (χ1n) is 7.24. The standard InChI is InChI=1S/C19H14O3/c1-11(20)17-16(21)10-19(22)15-9-5-4-7-13(15)12-6-2-3-8-14(12)18(17)19/h2-9,22H,10H2,1H3. The van der Waals surface area contributed by atoms with E-state index in [9.17, 15) is 14.7 Å². The van der Waals surface area contributed by atoms with Gasteiger partial charge in [0.2, 0.25) is 0 Å². The topological polar surface area (TPSA) is 54.4 Å². The van der Waals surface area contributed by atoms with E-state index in [-0.39, 0.29) is 23.6 Å². The molecule has 0 amide bonds. The third-order valence-electron chi connectivity index (χ3n) is 4.57. The zero-order valence-electron chi connectivity index (χ0n) is 12.1. The van der Waals surface area contributed by atoms with Gasteiger partial charge in [-0.25, -0.2) is 0 Å². The van der Waals surface area contributed by atoms with Crippen LogP contribution in [0.15, 0.2) is 54.1 Å². The molecule has 0 aromatic heterocycles. The molecule has 108 valence electrons. The molecule has 0 saturated heterocycles. The molecule has 1 atom stereocenters. The molecule has 0 fully saturated rings. The first-order chi connectivity index (χ1) is 10.5. The van der Waals surface area contributed by atoms with Crippen LogP contribution in [0.5, 0.6) is 0 Å². The number of carbonyl (C=O) groups excluding carboxylic acids is 2. The summed E-state index contributed by atoms with van der Waals surface area (Å²) in [4.78, 5) is 24.4. The monoisotopic (exact) mass is 290 g/mol. The van der Waals surface area contributed by atoms with Crippen LogP contribution in [0.4, 0.5) is 0 Å². The normalized spacial score (nSPS) is 22.2. The number of allylic oxidation sites excluding steroid dienone is 1. The molecule has 3 nitrogen and oxygen atoms in total. The number of fused-ring (bicyclic) bond motifs is 6. The lowest BCUT2D eigenvalue weighted by Gasteiger charge is -2.34. The molecule has 0 spiro atoms. The summed E-state index contributed by atoms with van der Waals surface area (Å²) in [5.74, 6) is -0.568. The van der Waals surface area contributed by atoms with Crippen LogP contribution in [-0.2, 0) is 15.2 Å². The van der Waals surface area contributed by atoms with Gasteiger partial charge in [0.15, 0.2) is 11.6 Å². The van der Waals surface area contributed by atoms with E-state index in [1.165, 1.54) is 6.92 Å². The second-order valence-corrected chi connectivity index (χ2v) is 5.86. The van der Waals surface area contributed by atoms with E-state index in [1.54, 1.807) is 0 Å². The smallest absolute Gasteiger partial charge is 0.170 e. The van der Waals surface area contributed by atoms with Gasteiger partial charge in [-0.05, 0) is 29.2 Å². The summed E-state index contributed by atoms with van der Waals surface area (Å²) in [7, 11) is 0. The van der Waals surface area contributed by atoms with Crippen LogP contribution in [0, 0.1) is 0 Å². The van der Waals surface area contributed by atoms with Crippen LogP contribution in [0.25, 0.3) is 16.7 Å². The minimum absolute atomic E-state index is 0.0669. The number of Topliss-reactive ketones (excluding diaryl/α,β-unsaturated/α-hetero) is 2. The Balaban J connectivity index is 2.19.